The molecule has 0 radical (unpaired) electrons. The topological polar surface area (TPSA) is 29.4 Å². The summed E-state index contributed by atoms with van der Waals surface area (Å²) in [5.41, 5.74) is -1.21. The van der Waals surface area contributed by atoms with Crippen LogP contribution in [0.25, 0.3) is 0 Å². The summed E-state index contributed by atoms with van der Waals surface area (Å²) >= 11 is 0. The van der Waals surface area contributed by atoms with E-state index in [-0.39, 0.29) is 5.56 Å². The third kappa shape index (κ3) is 2.51. The highest BCUT2D eigenvalue weighted by Gasteiger charge is 2.31. The molecule has 0 saturated carbocycles. The van der Waals surface area contributed by atoms with Gasteiger partial charge >= 0.3 is 6.18 Å². The predicted octanol–water partition coefficient (Wildman–Crippen LogP) is 3.11. The first kappa shape index (κ1) is 10.6. The molecule has 0 aliphatic heterocycles. The van der Waals surface area contributed by atoms with Crippen molar-refractivity contribution in [2.24, 2.45) is 5.18 Å². The molecule has 0 saturated heterocycles. The van der Waals surface area contributed by atoms with Gasteiger partial charge in [0.15, 0.2) is 0 Å². The van der Waals surface area contributed by atoms with E-state index in [2.05, 4.69) is 5.18 Å². The SMILES string of the molecule is O=NCc1cc(F)cc(C(F)(F)F)c1. The van der Waals surface area contributed by atoms with Gasteiger partial charge in [0, 0.05) is 0 Å². The third-order valence-electron chi connectivity index (χ3n) is 1.53. The molecule has 1 aromatic rings. The van der Waals surface area contributed by atoms with Gasteiger partial charge in [-0.1, -0.05) is 5.18 Å². The molecule has 2 nitrogen and oxygen atoms in total. The summed E-state index contributed by atoms with van der Waals surface area (Å²) in [7, 11) is 0. The quantitative estimate of drug-likeness (QED) is 0.541. The van der Waals surface area contributed by atoms with Crippen LogP contribution in [0.3, 0.4) is 0 Å². The average molecular weight is 207 g/mol. The van der Waals surface area contributed by atoms with Crippen LogP contribution in [0.1, 0.15) is 11.1 Å². The Bertz CT molecular complexity index is 348. The van der Waals surface area contributed by atoms with E-state index in [0.29, 0.717) is 12.1 Å². The minimum atomic E-state index is -4.61. The van der Waals surface area contributed by atoms with Crippen LogP contribution < -0.4 is 0 Å². The standard InChI is InChI=1S/C8H5F4NO/c9-7-2-5(4-13-14)1-6(3-7)8(10,11)12/h1-3H,4H2. The van der Waals surface area contributed by atoms with Gasteiger partial charge in [0.2, 0.25) is 0 Å². The molecular weight excluding hydrogens is 202 g/mol. The van der Waals surface area contributed by atoms with Gasteiger partial charge in [-0.05, 0) is 23.8 Å². The molecule has 1 rings (SSSR count). The number of benzene rings is 1. The normalized spacial score (nSPS) is 11.4. The van der Waals surface area contributed by atoms with Gasteiger partial charge in [-0.2, -0.15) is 18.1 Å². The number of nitrogens with zero attached hydrogens (tertiary/aromatic N) is 1. The number of hydrogen-bond donors (Lipinski definition) is 0. The summed E-state index contributed by atoms with van der Waals surface area (Å²) in [4.78, 5) is 9.79. The zero-order chi connectivity index (χ0) is 10.8. The second kappa shape index (κ2) is 3.73. The molecule has 0 spiro atoms. The maximum Gasteiger partial charge on any atom is 0.416 e. The van der Waals surface area contributed by atoms with Crippen LogP contribution in [-0.4, -0.2) is 0 Å². The first-order chi connectivity index (χ1) is 6.43. The number of rotatable bonds is 2. The number of hydrogen-bond acceptors (Lipinski definition) is 2. The molecule has 0 aliphatic carbocycles. The number of alkyl halides is 3. The van der Waals surface area contributed by atoms with Crippen molar-refractivity contribution in [2.45, 2.75) is 12.7 Å². The van der Waals surface area contributed by atoms with E-state index >= 15 is 0 Å². The maximum atomic E-state index is 12.6. The zero-order valence-electron chi connectivity index (χ0n) is 6.81. The highest BCUT2D eigenvalue weighted by atomic mass is 19.4. The molecule has 0 aliphatic rings. The highest BCUT2D eigenvalue weighted by Crippen LogP contribution is 2.30. The number of nitroso groups, excluding NO2 is 1. The maximum absolute atomic E-state index is 12.6. The predicted molar refractivity (Wildman–Crippen MR) is 40.9 cm³/mol. The van der Waals surface area contributed by atoms with Gasteiger partial charge in [-0.15, -0.1) is 0 Å². The minimum absolute atomic E-state index is 0.0904. The molecule has 0 atom stereocenters. The van der Waals surface area contributed by atoms with Crippen molar-refractivity contribution < 1.29 is 17.6 Å². The van der Waals surface area contributed by atoms with E-state index in [9.17, 15) is 22.5 Å². The van der Waals surface area contributed by atoms with Gasteiger partial charge in [0.05, 0.1) is 5.56 Å². The molecule has 76 valence electrons. The zero-order valence-corrected chi connectivity index (χ0v) is 6.81. The summed E-state index contributed by atoms with van der Waals surface area (Å²) in [5, 5.41) is 2.39. The Kier molecular flexibility index (Phi) is 2.83. The van der Waals surface area contributed by atoms with Crippen LogP contribution >= 0.6 is 0 Å². The van der Waals surface area contributed by atoms with E-state index in [0.717, 1.165) is 6.07 Å². The van der Waals surface area contributed by atoms with E-state index in [1.807, 2.05) is 0 Å². The summed E-state index contributed by atoms with van der Waals surface area (Å²) < 4.78 is 49.0. The lowest BCUT2D eigenvalue weighted by atomic mass is 10.1. The Balaban J connectivity index is 3.13. The monoisotopic (exact) mass is 207 g/mol. The lowest BCUT2D eigenvalue weighted by Crippen LogP contribution is -2.06. The molecule has 0 N–H and O–H groups in total. The highest BCUT2D eigenvalue weighted by molar-refractivity contribution is 5.26. The van der Waals surface area contributed by atoms with Crippen molar-refractivity contribution in [1.82, 2.24) is 0 Å². The largest absolute Gasteiger partial charge is 0.416 e. The Morgan fingerprint density at radius 1 is 1.21 bits per heavy atom. The van der Waals surface area contributed by atoms with Crippen LogP contribution in [0.4, 0.5) is 17.6 Å². The van der Waals surface area contributed by atoms with Gasteiger partial charge in [-0.25, -0.2) is 4.39 Å². The fraction of sp³-hybridized carbons (Fsp3) is 0.250. The summed E-state index contributed by atoms with van der Waals surface area (Å²) in [6.07, 6.45) is -4.61. The van der Waals surface area contributed by atoms with Crippen LogP contribution in [0.5, 0.6) is 0 Å². The van der Waals surface area contributed by atoms with Crippen molar-refractivity contribution in [3.05, 3.63) is 40.1 Å². The van der Waals surface area contributed by atoms with Crippen molar-refractivity contribution in [3.63, 3.8) is 0 Å². The Hall–Kier alpha value is -1.46. The summed E-state index contributed by atoms with van der Waals surface area (Å²) in [6.45, 7) is -0.471. The second-order valence-corrected chi connectivity index (χ2v) is 2.63. The van der Waals surface area contributed by atoms with Gasteiger partial charge in [0.1, 0.15) is 12.4 Å². The molecular formula is C8H5F4NO. The van der Waals surface area contributed by atoms with Gasteiger partial charge < -0.3 is 0 Å². The van der Waals surface area contributed by atoms with Gasteiger partial charge in [-0.3, -0.25) is 0 Å². The van der Waals surface area contributed by atoms with Crippen molar-refractivity contribution in [1.29, 1.82) is 0 Å². The smallest absolute Gasteiger partial charge is 0.207 e. The van der Waals surface area contributed by atoms with Crippen LogP contribution in [0.2, 0.25) is 0 Å². The molecule has 0 amide bonds. The molecule has 14 heavy (non-hydrogen) atoms. The van der Waals surface area contributed by atoms with Crippen LogP contribution in [-0.2, 0) is 12.7 Å². The lowest BCUT2D eigenvalue weighted by Gasteiger charge is -2.07. The van der Waals surface area contributed by atoms with E-state index in [1.54, 1.807) is 0 Å². The van der Waals surface area contributed by atoms with Crippen LogP contribution in [0.15, 0.2) is 23.4 Å². The molecule has 1 aromatic carbocycles. The first-order valence-corrected chi connectivity index (χ1v) is 3.59. The first-order valence-electron chi connectivity index (χ1n) is 3.59. The fourth-order valence-electron chi connectivity index (χ4n) is 0.980. The van der Waals surface area contributed by atoms with Crippen molar-refractivity contribution in [3.8, 4) is 0 Å². The molecule has 0 bridgehead atoms. The fourth-order valence-corrected chi connectivity index (χ4v) is 0.980. The van der Waals surface area contributed by atoms with Crippen molar-refractivity contribution >= 4 is 0 Å². The van der Waals surface area contributed by atoms with Gasteiger partial charge in [0.25, 0.3) is 0 Å². The molecule has 0 fully saturated rings. The molecule has 0 aromatic heterocycles. The number of halogens is 4. The van der Waals surface area contributed by atoms with E-state index < -0.39 is 24.1 Å². The minimum Gasteiger partial charge on any atom is -0.207 e. The Labute approximate surface area is 76.5 Å². The second-order valence-electron chi connectivity index (χ2n) is 2.63. The average Bonchev–Trinajstić information content (AvgIpc) is 2.02. The molecule has 0 heterocycles. The Morgan fingerprint density at radius 3 is 2.36 bits per heavy atom. The summed E-state index contributed by atoms with van der Waals surface area (Å²) in [5.74, 6) is -1.03. The lowest BCUT2D eigenvalue weighted by molar-refractivity contribution is -0.137. The molecule has 0 unspecified atom stereocenters. The molecule has 6 heteroatoms. The Morgan fingerprint density at radius 2 is 1.86 bits per heavy atom. The van der Waals surface area contributed by atoms with Crippen LogP contribution in [0, 0.1) is 10.7 Å². The van der Waals surface area contributed by atoms with E-state index in [4.69, 9.17) is 0 Å². The van der Waals surface area contributed by atoms with E-state index in [1.165, 1.54) is 0 Å². The third-order valence-corrected chi connectivity index (χ3v) is 1.53. The van der Waals surface area contributed by atoms with Crippen molar-refractivity contribution in [2.75, 3.05) is 0 Å². The summed E-state index contributed by atoms with van der Waals surface area (Å²) in [6, 6.07) is 1.91.